The zero-order chi connectivity index (χ0) is 15.3. The van der Waals surface area contributed by atoms with Crippen LogP contribution in [0.15, 0.2) is 5.16 Å². The summed E-state index contributed by atoms with van der Waals surface area (Å²) in [5.41, 5.74) is 0.428. The largest absolute Gasteiger partial charge is 0.490 e. The summed E-state index contributed by atoms with van der Waals surface area (Å²) >= 11 is 0. The molecule has 0 aliphatic carbocycles. The average molecular weight is 298 g/mol. The number of carboxylic acid groups (broad SMARTS) is 1. The third-order valence-electron chi connectivity index (χ3n) is 2.52. The van der Waals surface area contributed by atoms with Gasteiger partial charge < -0.3 is 20.0 Å². The summed E-state index contributed by atoms with van der Waals surface area (Å²) in [6.07, 6.45) is -5.06. The molecule has 2 N–H and O–H groups in total. The number of hydrogen-bond acceptors (Lipinski definition) is 6. The van der Waals surface area contributed by atoms with E-state index in [1.165, 1.54) is 0 Å². The fourth-order valence-corrected chi connectivity index (χ4v) is 1.62. The number of carbonyl (C=O) groups is 2. The van der Waals surface area contributed by atoms with E-state index in [4.69, 9.17) is 19.5 Å². The lowest BCUT2D eigenvalue weighted by molar-refractivity contribution is -0.192. The van der Waals surface area contributed by atoms with Crippen LogP contribution in [0.1, 0.15) is 6.92 Å². The first-order valence-corrected chi connectivity index (χ1v) is 5.69. The number of oxime groups is 1. The summed E-state index contributed by atoms with van der Waals surface area (Å²) in [7, 11) is 0. The van der Waals surface area contributed by atoms with Crippen molar-refractivity contribution in [2.75, 3.05) is 19.7 Å². The molecule has 0 radical (unpaired) electrons. The van der Waals surface area contributed by atoms with E-state index in [1.807, 2.05) is 0 Å². The van der Waals surface area contributed by atoms with Gasteiger partial charge in [-0.25, -0.2) is 9.59 Å². The van der Waals surface area contributed by atoms with Crippen molar-refractivity contribution in [2.24, 2.45) is 11.1 Å². The van der Waals surface area contributed by atoms with Crippen LogP contribution in [0.3, 0.4) is 0 Å². The van der Waals surface area contributed by atoms with E-state index in [9.17, 15) is 18.0 Å². The lowest BCUT2D eigenvalue weighted by atomic mass is 10.0. The van der Waals surface area contributed by atoms with Crippen LogP contribution >= 0.6 is 0 Å². The Kier molecular flexibility index (Phi) is 5.31. The molecule has 0 aromatic carbocycles. The number of esters is 1. The summed E-state index contributed by atoms with van der Waals surface area (Å²) in [5, 5.41) is 14.0. The Balaban J connectivity index is 0.000000246. The molecule has 0 bridgehead atoms. The first kappa shape index (κ1) is 16.2. The van der Waals surface area contributed by atoms with Gasteiger partial charge >= 0.3 is 18.1 Å². The Morgan fingerprint density at radius 3 is 2.60 bits per heavy atom. The molecule has 0 spiro atoms. The number of aliphatic carboxylic acids is 1. The van der Waals surface area contributed by atoms with Crippen LogP contribution in [-0.2, 0) is 19.2 Å². The van der Waals surface area contributed by atoms with Gasteiger partial charge in [0.2, 0.25) is 0 Å². The molecular formula is C10H13F3N2O5. The number of halogens is 3. The van der Waals surface area contributed by atoms with Gasteiger partial charge in [0.15, 0.2) is 5.71 Å². The summed E-state index contributed by atoms with van der Waals surface area (Å²) in [5.74, 6) is -3.02. The monoisotopic (exact) mass is 298 g/mol. The average Bonchev–Trinajstić information content (AvgIpc) is 2.89. The second-order valence-electron chi connectivity index (χ2n) is 3.91. The Bertz CT molecular complexity index is 410. The highest BCUT2D eigenvalue weighted by Crippen LogP contribution is 2.22. The van der Waals surface area contributed by atoms with Gasteiger partial charge in [-0.3, -0.25) is 0 Å². The maximum absolute atomic E-state index is 11.3. The molecule has 2 heterocycles. The lowest BCUT2D eigenvalue weighted by Gasteiger charge is -2.06. The van der Waals surface area contributed by atoms with Crippen LogP contribution < -0.4 is 5.32 Å². The minimum Gasteiger partial charge on any atom is -0.475 e. The van der Waals surface area contributed by atoms with Gasteiger partial charge in [-0.2, -0.15) is 13.2 Å². The molecule has 0 aromatic rings. The predicted molar refractivity (Wildman–Crippen MR) is 59.0 cm³/mol. The maximum Gasteiger partial charge on any atom is 0.490 e. The van der Waals surface area contributed by atoms with Gasteiger partial charge in [-0.15, -0.1) is 0 Å². The second-order valence-corrected chi connectivity index (χ2v) is 3.91. The standard InChI is InChI=1S/C8H12N2O3.C2HF3O2/c1-2-12-8(11)7-5-3-9-4-6(5)13-10-7;3-2(4,5)1(6)7/h5-6,9H,2-4H2,1H3;(H,6,7)/t5-,6+;/m0./s1. The van der Waals surface area contributed by atoms with Crippen LogP contribution in [0.2, 0.25) is 0 Å². The molecule has 20 heavy (non-hydrogen) atoms. The molecule has 0 unspecified atom stereocenters. The van der Waals surface area contributed by atoms with Gasteiger partial charge in [0.1, 0.15) is 6.10 Å². The molecule has 2 rings (SSSR count). The minimum atomic E-state index is -5.08. The molecule has 7 nitrogen and oxygen atoms in total. The van der Waals surface area contributed by atoms with Crippen molar-refractivity contribution < 1.29 is 37.4 Å². The number of fused-ring (bicyclic) bond motifs is 1. The van der Waals surface area contributed by atoms with Gasteiger partial charge in [0.25, 0.3) is 0 Å². The molecule has 2 aliphatic heterocycles. The number of alkyl halides is 3. The highest BCUT2D eigenvalue weighted by atomic mass is 19.4. The number of nitrogens with one attached hydrogen (secondary N) is 1. The number of carboxylic acids is 1. The Morgan fingerprint density at radius 2 is 2.10 bits per heavy atom. The number of ether oxygens (including phenoxy) is 1. The van der Waals surface area contributed by atoms with Crippen LogP contribution in [0.4, 0.5) is 13.2 Å². The van der Waals surface area contributed by atoms with Crippen molar-refractivity contribution in [1.29, 1.82) is 0 Å². The normalized spacial score (nSPS) is 23.9. The van der Waals surface area contributed by atoms with Crippen molar-refractivity contribution >= 4 is 17.7 Å². The first-order chi connectivity index (χ1) is 9.27. The van der Waals surface area contributed by atoms with Gasteiger partial charge in [-0.1, -0.05) is 5.16 Å². The second kappa shape index (κ2) is 6.55. The third kappa shape index (κ3) is 4.08. The van der Waals surface area contributed by atoms with E-state index >= 15 is 0 Å². The smallest absolute Gasteiger partial charge is 0.475 e. The highest BCUT2D eigenvalue weighted by molar-refractivity contribution is 6.37. The Labute approximate surface area is 111 Å². The molecule has 114 valence electrons. The number of carbonyl (C=O) groups excluding carboxylic acids is 1. The van der Waals surface area contributed by atoms with E-state index in [2.05, 4.69) is 10.5 Å². The van der Waals surface area contributed by atoms with Crippen LogP contribution in [-0.4, -0.2) is 54.7 Å². The SMILES string of the molecule is CCOC(=O)C1=NO[C@@H]2CNC[C@H]12.O=C(O)C(F)(F)F. The van der Waals surface area contributed by atoms with Gasteiger partial charge in [0.05, 0.1) is 12.5 Å². The van der Waals surface area contributed by atoms with Crippen molar-refractivity contribution in [1.82, 2.24) is 5.32 Å². The molecule has 1 saturated heterocycles. The fraction of sp³-hybridized carbons (Fsp3) is 0.700. The highest BCUT2D eigenvalue weighted by Gasteiger charge is 2.42. The van der Waals surface area contributed by atoms with E-state index in [0.717, 1.165) is 13.1 Å². The fourth-order valence-electron chi connectivity index (χ4n) is 1.62. The van der Waals surface area contributed by atoms with E-state index in [-0.39, 0.29) is 18.0 Å². The maximum atomic E-state index is 11.3. The van der Waals surface area contributed by atoms with Crippen LogP contribution in [0.5, 0.6) is 0 Å². The van der Waals surface area contributed by atoms with Crippen molar-refractivity contribution in [3.05, 3.63) is 0 Å². The molecule has 2 atom stereocenters. The Hall–Kier alpha value is -1.84. The molecule has 2 aliphatic rings. The summed E-state index contributed by atoms with van der Waals surface area (Å²) in [6, 6.07) is 0. The summed E-state index contributed by atoms with van der Waals surface area (Å²) < 4.78 is 36.6. The van der Waals surface area contributed by atoms with Crippen molar-refractivity contribution in [2.45, 2.75) is 19.2 Å². The quantitative estimate of drug-likeness (QED) is 0.705. The zero-order valence-electron chi connectivity index (χ0n) is 10.4. The minimum absolute atomic E-state index is 0.0272. The third-order valence-corrected chi connectivity index (χ3v) is 2.52. The number of hydrogen-bond donors (Lipinski definition) is 2. The van der Waals surface area contributed by atoms with E-state index in [0.29, 0.717) is 12.3 Å². The topological polar surface area (TPSA) is 97.2 Å². The predicted octanol–water partition coefficient (Wildman–Crippen LogP) is 0.157. The molecule has 0 aromatic heterocycles. The summed E-state index contributed by atoms with van der Waals surface area (Å²) in [4.78, 5) is 25.3. The molecular weight excluding hydrogens is 285 g/mol. The van der Waals surface area contributed by atoms with Crippen molar-refractivity contribution in [3.8, 4) is 0 Å². The van der Waals surface area contributed by atoms with Crippen LogP contribution in [0.25, 0.3) is 0 Å². The Morgan fingerprint density at radius 1 is 1.50 bits per heavy atom. The number of nitrogens with zero attached hydrogens (tertiary/aromatic N) is 1. The first-order valence-electron chi connectivity index (χ1n) is 5.69. The van der Waals surface area contributed by atoms with Crippen LogP contribution in [0, 0.1) is 5.92 Å². The molecule has 0 saturated carbocycles. The lowest BCUT2D eigenvalue weighted by Crippen LogP contribution is -2.28. The van der Waals surface area contributed by atoms with Crippen molar-refractivity contribution in [3.63, 3.8) is 0 Å². The van der Waals surface area contributed by atoms with E-state index in [1.54, 1.807) is 6.92 Å². The van der Waals surface area contributed by atoms with Gasteiger partial charge in [-0.05, 0) is 6.92 Å². The van der Waals surface area contributed by atoms with E-state index < -0.39 is 12.1 Å². The molecule has 10 heteroatoms. The molecule has 0 amide bonds. The summed E-state index contributed by atoms with van der Waals surface area (Å²) in [6.45, 7) is 3.67. The molecule has 1 fully saturated rings. The zero-order valence-corrected chi connectivity index (χ0v) is 10.4. The number of rotatable bonds is 2. The van der Waals surface area contributed by atoms with Gasteiger partial charge in [0, 0.05) is 13.1 Å².